The molecule has 1 aromatic carbocycles. The molecular formula is C21H21ClN4O3. The highest BCUT2D eigenvalue weighted by Gasteiger charge is 2.50. The third-order valence-corrected chi connectivity index (χ3v) is 5.59. The Balaban J connectivity index is 1.45. The van der Waals surface area contributed by atoms with Gasteiger partial charge in [-0.05, 0) is 43.2 Å². The normalized spacial score (nSPS) is 18.1. The lowest BCUT2D eigenvalue weighted by atomic mass is 10.1. The maximum atomic E-state index is 12.7. The summed E-state index contributed by atoms with van der Waals surface area (Å²) in [6, 6.07) is 10.8. The second-order valence-electron chi connectivity index (χ2n) is 7.29. The first-order valence-corrected chi connectivity index (χ1v) is 9.90. The van der Waals surface area contributed by atoms with Gasteiger partial charge in [0.25, 0.3) is 5.91 Å². The van der Waals surface area contributed by atoms with Gasteiger partial charge in [0.15, 0.2) is 5.54 Å². The van der Waals surface area contributed by atoms with Crippen LogP contribution >= 0.6 is 11.6 Å². The summed E-state index contributed by atoms with van der Waals surface area (Å²) in [6.45, 7) is 2.47. The van der Waals surface area contributed by atoms with Gasteiger partial charge in [0.1, 0.15) is 5.69 Å². The highest BCUT2D eigenvalue weighted by atomic mass is 35.5. The third-order valence-electron chi connectivity index (χ3n) is 5.35. The number of carboxylic acids is 1. The van der Waals surface area contributed by atoms with Gasteiger partial charge in [-0.15, -0.1) is 0 Å². The van der Waals surface area contributed by atoms with Crippen LogP contribution in [0, 0.1) is 0 Å². The lowest BCUT2D eigenvalue weighted by molar-refractivity contribution is -0.139. The Morgan fingerprint density at radius 3 is 2.55 bits per heavy atom. The number of aliphatic carboxylic acids is 1. The van der Waals surface area contributed by atoms with E-state index in [1.807, 2.05) is 17.0 Å². The van der Waals surface area contributed by atoms with E-state index in [1.165, 1.54) is 0 Å². The molecule has 1 N–H and O–H groups in total. The molecule has 0 bridgehead atoms. The molecule has 2 aromatic rings. The fraction of sp³-hybridized carbons (Fsp3) is 0.333. The summed E-state index contributed by atoms with van der Waals surface area (Å²) in [5, 5.41) is 9.85. The Morgan fingerprint density at radius 1 is 1.14 bits per heavy atom. The molecule has 1 aromatic heterocycles. The van der Waals surface area contributed by atoms with E-state index >= 15 is 0 Å². The standard InChI is InChI=1S/C21H21ClN4O3/c22-16-4-1-3-15(13-16)19(27)26-11-9-25(10-12-26)18-5-2-8-23-17(18)14-24-21(6-7-21)20(28)29/h1-5,8,13-14H,6-7,9-12H2,(H,28,29). The van der Waals surface area contributed by atoms with E-state index in [0.717, 1.165) is 5.69 Å². The average molecular weight is 413 g/mol. The maximum Gasteiger partial charge on any atom is 0.331 e. The summed E-state index contributed by atoms with van der Waals surface area (Å²) in [6.07, 6.45) is 4.36. The predicted molar refractivity (Wildman–Crippen MR) is 111 cm³/mol. The summed E-state index contributed by atoms with van der Waals surface area (Å²) in [4.78, 5) is 36.7. The number of rotatable bonds is 5. The number of pyridine rings is 1. The minimum Gasteiger partial charge on any atom is -0.479 e. The van der Waals surface area contributed by atoms with Crippen molar-refractivity contribution in [1.82, 2.24) is 9.88 Å². The molecule has 1 aliphatic carbocycles. The number of hydrogen-bond acceptors (Lipinski definition) is 5. The molecule has 2 heterocycles. The van der Waals surface area contributed by atoms with Crippen molar-refractivity contribution >= 4 is 35.4 Å². The fourth-order valence-corrected chi connectivity index (χ4v) is 3.62. The highest BCUT2D eigenvalue weighted by molar-refractivity contribution is 6.30. The van der Waals surface area contributed by atoms with Gasteiger partial charge in [0, 0.05) is 43.0 Å². The van der Waals surface area contributed by atoms with E-state index in [-0.39, 0.29) is 5.91 Å². The van der Waals surface area contributed by atoms with Crippen LogP contribution in [0.25, 0.3) is 0 Å². The Morgan fingerprint density at radius 2 is 1.90 bits per heavy atom. The summed E-state index contributed by atoms with van der Waals surface area (Å²) in [5.41, 5.74) is 1.15. The second kappa shape index (κ2) is 7.83. The van der Waals surface area contributed by atoms with E-state index in [4.69, 9.17) is 11.6 Å². The zero-order chi connectivity index (χ0) is 20.4. The van der Waals surface area contributed by atoms with Crippen molar-refractivity contribution in [1.29, 1.82) is 0 Å². The molecule has 2 aliphatic rings. The van der Waals surface area contributed by atoms with Crippen molar-refractivity contribution in [2.75, 3.05) is 31.1 Å². The number of benzene rings is 1. The molecule has 150 valence electrons. The van der Waals surface area contributed by atoms with Gasteiger partial charge in [-0.2, -0.15) is 0 Å². The van der Waals surface area contributed by atoms with Gasteiger partial charge in [0.2, 0.25) is 0 Å². The molecule has 4 rings (SSSR count). The van der Waals surface area contributed by atoms with Gasteiger partial charge in [-0.1, -0.05) is 17.7 Å². The van der Waals surface area contributed by atoms with Gasteiger partial charge in [0.05, 0.1) is 11.9 Å². The Labute approximate surface area is 173 Å². The number of amides is 1. The SMILES string of the molecule is O=C(c1cccc(Cl)c1)N1CCN(c2cccnc2C=NC2(C(=O)O)CC2)CC1. The molecule has 8 heteroatoms. The minimum atomic E-state index is -0.975. The molecule has 7 nitrogen and oxygen atoms in total. The fourth-order valence-electron chi connectivity index (χ4n) is 3.43. The number of carboxylic acid groups (broad SMARTS) is 1. The molecule has 1 aliphatic heterocycles. The Kier molecular flexibility index (Phi) is 5.24. The van der Waals surface area contributed by atoms with Crippen LogP contribution in [0.2, 0.25) is 5.02 Å². The zero-order valence-electron chi connectivity index (χ0n) is 15.8. The number of halogens is 1. The number of carbonyl (C=O) groups is 2. The van der Waals surface area contributed by atoms with Crippen LogP contribution in [0.5, 0.6) is 0 Å². The summed E-state index contributed by atoms with van der Waals surface area (Å²) >= 11 is 6.00. The van der Waals surface area contributed by atoms with Gasteiger partial charge in [-0.25, -0.2) is 4.79 Å². The smallest absolute Gasteiger partial charge is 0.331 e. The molecular weight excluding hydrogens is 392 g/mol. The number of aromatic nitrogens is 1. The average Bonchev–Trinajstić information content (AvgIpc) is 3.54. The van der Waals surface area contributed by atoms with Crippen molar-refractivity contribution in [3.05, 3.63) is 58.9 Å². The molecule has 1 saturated heterocycles. The van der Waals surface area contributed by atoms with Crippen molar-refractivity contribution in [2.45, 2.75) is 18.4 Å². The van der Waals surface area contributed by atoms with E-state index in [2.05, 4.69) is 14.9 Å². The number of piperazine rings is 1. The first-order valence-electron chi connectivity index (χ1n) is 9.52. The number of hydrogen-bond donors (Lipinski definition) is 1. The van der Waals surface area contributed by atoms with Crippen LogP contribution in [0.15, 0.2) is 47.6 Å². The monoisotopic (exact) mass is 412 g/mol. The summed E-state index contributed by atoms with van der Waals surface area (Å²) < 4.78 is 0. The van der Waals surface area contributed by atoms with Gasteiger partial charge < -0.3 is 14.9 Å². The van der Waals surface area contributed by atoms with Gasteiger partial charge in [-0.3, -0.25) is 14.8 Å². The van der Waals surface area contributed by atoms with Crippen LogP contribution in [0.4, 0.5) is 5.69 Å². The van der Waals surface area contributed by atoms with E-state index in [9.17, 15) is 14.7 Å². The molecule has 29 heavy (non-hydrogen) atoms. The molecule has 0 unspecified atom stereocenters. The number of anilines is 1. The lowest BCUT2D eigenvalue weighted by Gasteiger charge is -2.36. The maximum absolute atomic E-state index is 12.7. The van der Waals surface area contributed by atoms with Crippen LogP contribution in [-0.4, -0.2) is 64.8 Å². The van der Waals surface area contributed by atoms with Crippen LogP contribution < -0.4 is 4.90 Å². The van der Waals surface area contributed by atoms with Crippen molar-refractivity contribution in [2.24, 2.45) is 4.99 Å². The van der Waals surface area contributed by atoms with Crippen molar-refractivity contribution in [3.63, 3.8) is 0 Å². The number of aliphatic imine (C=N–C) groups is 1. The molecule has 2 fully saturated rings. The summed E-state index contributed by atoms with van der Waals surface area (Å²) in [7, 11) is 0. The topological polar surface area (TPSA) is 86.1 Å². The van der Waals surface area contributed by atoms with Gasteiger partial charge >= 0.3 is 5.97 Å². The van der Waals surface area contributed by atoms with E-state index in [1.54, 1.807) is 36.7 Å². The van der Waals surface area contributed by atoms with Crippen molar-refractivity contribution in [3.8, 4) is 0 Å². The molecule has 1 saturated carbocycles. The second-order valence-corrected chi connectivity index (χ2v) is 7.73. The van der Waals surface area contributed by atoms with Crippen molar-refractivity contribution < 1.29 is 14.7 Å². The highest BCUT2D eigenvalue weighted by Crippen LogP contribution is 2.40. The third kappa shape index (κ3) is 4.10. The first-order chi connectivity index (χ1) is 14.0. The van der Waals surface area contributed by atoms with E-state index < -0.39 is 11.5 Å². The zero-order valence-corrected chi connectivity index (χ0v) is 16.5. The number of carbonyl (C=O) groups excluding carboxylic acids is 1. The molecule has 0 spiro atoms. The first kappa shape index (κ1) is 19.4. The Hall–Kier alpha value is -2.93. The Bertz CT molecular complexity index is 966. The molecule has 0 atom stereocenters. The van der Waals surface area contributed by atoms with Crippen LogP contribution in [-0.2, 0) is 4.79 Å². The largest absolute Gasteiger partial charge is 0.479 e. The predicted octanol–water partition coefficient (Wildman–Crippen LogP) is 2.73. The number of nitrogens with zero attached hydrogens (tertiary/aromatic N) is 4. The molecule has 0 radical (unpaired) electrons. The lowest BCUT2D eigenvalue weighted by Crippen LogP contribution is -2.49. The minimum absolute atomic E-state index is 0.0303. The van der Waals surface area contributed by atoms with E-state index in [0.29, 0.717) is 55.3 Å². The van der Waals surface area contributed by atoms with Crippen LogP contribution in [0.3, 0.4) is 0 Å². The summed E-state index contributed by atoms with van der Waals surface area (Å²) in [5.74, 6) is -0.920. The van der Waals surface area contributed by atoms with Crippen LogP contribution in [0.1, 0.15) is 28.9 Å². The molecule has 1 amide bonds. The quantitative estimate of drug-likeness (QED) is 0.763.